The molecule has 5 rings (SSSR count). The van der Waals surface area contributed by atoms with Crippen molar-refractivity contribution in [2.45, 2.75) is 42.6 Å². The van der Waals surface area contributed by atoms with Gasteiger partial charge in [-0.15, -0.1) is 5.10 Å². The SMILES string of the molecule is CC(Sc1n[nH]c2nc3ccccc3n12)C(=O)NC1CCCc2ccccc21. The Hall–Kier alpha value is -2.80. The number of imidazole rings is 1. The quantitative estimate of drug-likeness (QED) is 0.518. The minimum atomic E-state index is -0.262. The zero-order chi connectivity index (χ0) is 19.1. The zero-order valence-corrected chi connectivity index (χ0v) is 16.4. The predicted octanol–water partition coefficient (Wildman–Crippen LogP) is 3.89. The fourth-order valence-corrected chi connectivity index (χ4v) is 4.81. The van der Waals surface area contributed by atoms with Gasteiger partial charge in [0.1, 0.15) is 0 Å². The second-order valence-corrected chi connectivity index (χ2v) is 8.49. The van der Waals surface area contributed by atoms with Crippen LogP contribution in [0.15, 0.2) is 53.7 Å². The Morgan fingerprint density at radius 3 is 3.00 bits per heavy atom. The van der Waals surface area contributed by atoms with Gasteiger partial charge in [0, 0.05) is 0 Å². The minimum absolute atomic E-state index is 0.0345. The number of para-hydroxylation sites is 2. The summed E-state index contributed by atoms with van der Waals surface area (Å²) in [6.45, 7) is 1.92. The molecule has 0 saturated heterocycles. The molecule has 2 unspecified atom stereocenters. The Balaban J connectivity index is 1.36. The van der Waals surface area contributed by atoms with E-state index >= 15 is 0 Å². The summed E-state index contributed by atoms with van der Waals surface area (Å²) in [5, 5.41) is 11.1. The van der Waals surface area contributed by atoms with Crippen LogP contribution in [-0.2, 0) is 11.2 Å². The third-order valence-electron chi connectivity index (χ3n) is 5.34. The van der Waals surface area contributed by atoms with Crippen LogP contribution in [0.3, 0.4) is 0 Å². The summed E-state index contributed by atoms with van der Waals surface area (Å²) in [4.78, 5) is 17.4. The maximum Gasteiger partial charge on any atom is 0.233 e. The molecular weight excluding hydrogens is 370 g/mol. The normalized spacial score (nSPS) is 17.5. The monoisotopic (exact) mass is 391 g/mol. The van der Waals surface area contributed by atoms with Crippen LogP contribution < -0.4 is 5.32 Å². The van der Waals surface area contributed by atoms with Crippen LogP contribution in [0.1, 0.15) is 36.9 Å². The number of aromatic nitrogens is 4. The van der Waals surface area contributed by atoms with Crippen LogP contribution >= 0.6 is 11.8 Å². The first-order valence-electron chi connectivity index (χ1n) is 9.57. The van der Waals surface area contributed by atoms with E-state index in [9.17, 15) is 4.79 Å². The van der Waals surface area contributed by atoms with E-state index in [0.29, 0.717) is 5.78 Å². The van der Waals surface area contributed by atoms with Crippen LogP contribution in [0, 0.1) is 0 Å². The van der Waals surface area contributed by atoms with Crippen molar-refractivity contribution in [2.24, 2.45) is 0 Å². The molecule has 0 aliphatic heterocycles. The van der Waals surface area contributed by atoms with E-state index in [1.807, 2.05) is 41.7 Å². The van der Waals surface area contributed by atoms with Crippen LogP contribution in [0.25, 0.3) is 16.8 Å². The number of aryl methyl sites for hydroxylation is 1. The molecule has 0 bridgehead atoms. The molecule has 6 nitrogen and oxygen atoms in total. The number of thioether (sulfide) groups is 1. The largest absolute Gasteiger partial charge is 0.348 e. The molecular formula is C21H21N5OS. The van der Waals surface area contributed by atoms with Gasteiger partial charge < -0.3 is 5.32 Å². The van der Waals surface area contributed by atoms with Gasteiger partial charge in [-0.1, -0.05) is 48.2 Å². The Bertz CT molecular complexity index is 1160. The van der Waals surface area contributed by atoms with E-state index < -0.39 is 0 Å². The number of hydrogen-bond donors (Lipinski definition) is 2. The zero-order valence-electron chi connectivity index (χ0n) is 15.6. The molecule has 2 aromatic heterocycles. The Labute approximate surface area is 166 Å². The smallest absolute Gasteiger partial charge is 0.233 e. The standard InChI is InChI=1S/C21H21N5OS/c1-13(19(27)22-16-11-6-8-14-7-2-3-9-15(14)16)28-21-25-24-20-23-17-10-4-5-12-18(17)26(20)21/h2-5,7,9-10,12-13,16H,6,8,11H2,1H3,(H,22,27)(H,23,24). The lowest BCUT2D eigenvalue weighted by atomic mass is 9.88. The molecule has 2 atom stereocenters. The Kier molecular flexibility index (Phi) is 4.31. The summed E-state index contributed by atoms with van der Waals surface area (Å²) in [5.41, 5.74) is 4.50. The summed E-state index contributed by atoms with van der Waals surface area (Å²) in [6, 6.07) is 16.4. The highest BCUT2D eigenvalue weighted by atomic mass is 32.2. The third kappa shape index (κ3) is 2.96. The number of rotatable bonds is 4. The topological polar surface area (TPSA) is 75.1 Å². The summed E-state index contributed by atoms with van der Waals surface area (Å²) >= 11 is 1.45. The number of aromatic amines is 1. The lowest BCUT2D eigenvalue weighted by Crippen LogP contribution is -2.36. The van der Waals surface area contributed by atoms with Crippen molar-refractivity contribution in [3.05, 3.63) is 59.7 Å². The number of nitrogens with zero attached hydrogens (tertiary/aromatic N) is 3. The molecule has 2 heterocycles. The molecule has 1 aliphatic carbocycles. The first kappa shape index (κ1) is 17.3. The van der Waals surface area contributed by atoms with Crippen molar-refractivity contribution < 1.29 is 4.79 Å². The number of H-pyrrole nitrogens is 1. The lowest BCUT2D eigenvalue weighted by molar-refractivity contribution is -0.121. The molecule has 28 heavy (non-hydrogen) atoms. The number of fused-ring (bicyclic) bond motifs is 4. The third-order valence-corrected chi connectivity index (χ3v) is 6.39. The fourth-order valence-electron chi connectivity index (χ4n) is 3.93. The molecule has 1 aliphatic rings. The van der Waals surface area contributed by atoms with Crippen LogP contribution in [-0.4, -0.2) is 30.7 Å². The molecule has 4 aromatic rings. The van der Waals surface area contributed by atoms with Crippen molar-refractivity contribution in [1.29, 1.82) is 0 Å². The first-order chi connectivity index (χ1) is 13.7. The highest BCUT2D eigenvalue weighted by Crippen LogP contribution is 2.31. The van der Waals surface area contributed by atoms with Crippen molar-refractivity contribution in [1.82, 2.24) is 24.9 Å². The molecule has 1 amide bonds. The van der Waals surface area contributed by atoms with Gasteiger partial charge in [0.05, 0.1) is 22.3 Å². The van der Waals surface area contributed by atoms with Gasteiger partial charge in [0.15, 0.2) is 5.16 Å². The van der Waals surface area contributed by atoms with E-state index in [2.05, 4.69) is 38.7 Å². The molecule has 0 radical (unpaired) electrons. The number of carbonyl (C=O) groups excluding carboxylic acids is 1. The molecule has 0 saturated carbocycles. The first-order valence-corrected chi connectivity index (χ1v) is 10.4. The fraction of sp³-hybridized carbons (Fsp3) is 0.286. The summed E-state index contributed by atoms with van der Waals surface area (Å²) in [6.07, 6.45) is 3.18. The lowest BCUT2D eigenvalue weighted by Gasteiger charge is -2.27. The minimum Gasteiger partial charge on any atom is -0.348 e. The molecule has 2 N–H and O–H groups in total. The van der Waals surface area contributed by atoms with Crippen molar-refractivity contribution in [3.63, 3.8) is 0 Å². The average molecular weight is 392 g/mol. The summed E-state index contributed by atoms with van der Waals surface area (Å²) in [5.74, 6) is 0.727. The summed E-state index contributed by atoms with van der Waals surface area (Å²) in [7, 11) is 0. The molecule has 2 aromatic carbocycles. The van der Waals surface area contributed by atoms with Gasteiger partial charge in [0.2, 0.25) is 11.7 Å². The highest BCUT2D eigenvalue weighted by Gasteiger charge is 2.25. The highest BCUT2D eigenvalue weighted by molar-refractivity contribution is 8.00. The van der Waals surface area contributed by atoms with E-state index in [1.165, 1.54) is 22.9 Å². The average Bonchev–Trinajstić information content (AvgIpc) is 3.28. The number of amides is 1. The van der Waals surface area contributed by atoms with Crippen LogP contribution in [0.4, 0.5) is 0 Å². The van der Waals surface area contributed by atoms with Gasteiger partial charge in [-0.3, -0.25) is 9.20 Å². The second-order valence-electron chi connectivity index (χ2n) is 7.18. The molecule has 0 spiro atoms. The second kappa shape index (κ2) is 6.98. The van der Waals surface area contributed by atoms with Crippen molar-refractivity contribution in [3.8, 4) is 0 Å². The van der Waals surface area contributed by atoms with E-state index in [4.69, 9.17) is 0 Å². The number of nitrogens with one attached hydrogen (secondary N) is 2. The van der Waals surface area contributed by atoms with E-state index in [1.54, 1.807) is 0 Å². The Morgan fingerprint density at radius 1 is 1.25 bits per heavy atom. The maximum absolute atomic E-state index is 12.9. The maximum atomic E-state index is 12.9. The summed E-state index contributed by atoms with van der Waals surface area (Å²) < 4.78 is 1.97. The van der Waals surface area contributed by atoms with Crippen molar-refractivity contribution in [2.75, 3.05) is 0 Å². The predicted molar refractivity (Wildman–Crippen MR) is 110 cm³/mol. The van der Waals surface area contributed by atoms with Gasteiger partial charge in [0.25, 0.3) is 0 Å². The van der Waals surface area contributed by atoms with Crippen molar-refractivity contribution >= 4 is 34.5 Å². The number of carbonyl (C=O) groups is 1. The van der Waals surface area contributed by atoms with Crippen LogP contribution in [0.5, 0.6) is 0 Å². The molecule has 7 heteroatoms. The van der Waals surface area contributed by atoms with E-state index in [0.717, 1.165) is 35.5 Å². The number of benzene rings is 2. The molecule has 0 fully saturated rings. The van der Waals surface area contributed by atoms with Gasteiger partial charge in [-0.05, 0) is 49.4 Å². The van der Waals surface area contributed by atoms with Gasteiger partial charge in [-0.25, -0.2) is 10.1 Å². The van der Waals surface area contributed by atoms with E-state index in [-0.39, 0.29) is 17.2 Å². The van der Waals surface area contributed by atoms with Crippen LogP contribution in [0.2, 0.25) is 0 Å². The molecule has 142 valence electrons. The van der Waals surface area contributed by atoms with Gasteiger partial charge >= 0.3 is 0 Å². The Morgan fingerprint density at radius 2 is 2.07 bits per heavy atom. The number of hydrogen-bond acceptors (Lipinski definition) is 4. The van der Waals surface area contributed by atoms with Gasteiger partial charge in [-0.2, -0.15) is 0 Å².